The molecule has 2 aromatic heterocycles. The highest BCUT2D eigenvalue weighted by Gasteiger charge is 2.16. The van der Waals surface area contributed by atoms with Crippen molar-refractivity contribution in [1.82, 2.24) is 15.2 Å². The molecule has 0 atom stereocenters. The van der Waals surface area contributed by atoms with Gasteiger partial charge in [0, 0.05) is 22.3 Å². The van der Waals surface area contributed by atoms with Crippen molar-refractivity contribution >= 4 is 27.7 Å². The van der Waals surface area contributed by atoms with E-state index in [1.54, 1.807) is 18.3 Å². The lowest BCUT2D eigenvalue weighted by atomic mass is 9.92. The molecule has 0 spiro atoms. The Balaban J connectivity index is 2.12. The van der Waals surface area contributed by atoms with Gasteiger partial charge in [0.05, 0.1) is 11.3 Å². The maximum absolute atomic E-state index is 12.0. The number of nitrogens with one attached hydrogen (secondary N) is 1. The molecule has 2 rings (SSSR count). The van der Waals surface area contributed by atoms with Crippen LogP contribution in [0.3, 0.4) is 0 Å². The van der Waals surface area contributed by atoms with Crippen LogP contribution in [0.2, 0.25) is 0 Å². The van der Waals surface area contributed by atoms with Gasteiger partial charge in [-0.15, -0.1) is 5.10 Å². The third-order valence-corrected chi connectivity index (χ3v) is 3.08. The summed E-state index contributed by atoms with van der Waals surface area (Å²) in [6.07, 6.45) is 3.12. The summed E-state index contributed by atoms with van der Waals surface area (Å²) in [4.78, 5) is 16.0. The lowest BCUT2D eigenvalue weighted by Crippen LogP contribution is -2.17. The van der Waals surface area contributed by atoms with E-state index in [9.17, 15) is 4.79 Å². The van der Waals surface area contributed by atoms with Gasteiger partial charge in [0.15, 0.2) is 5.82 Å². The molecule has 0 saturated heterocycles. The zero-order valence-electron chi connectivity index (χ0n) is 11.5. The average Bonchev–Trinajstić information content (AvgIpc) is 2.38. The first kappa shape index (κ1) is 14.6. The maximum atomic E-state index is 12.0. The molecule has 5 nitrogen and oxygen atoms in total. The van der Waals surface area contributed by atoms with E-state index in [0.717, 1.165) is 10.2 Å². The second kappa shape index (κ2) is 5.66. The number of hydrogen-bond acceptors (Lipinski definition) is 4. The van der Waals surface area contributed by atoms with E-state index in [1.807, 2.05) is 6.07 Å². The molecule has 2 aromatic rings. The first-order chi connectivity index (χ1) is 9.36. The van der Waals surface area contributed by atoms with Crippen molar-refractivity contribution in [2.45, 2.75) is 26.2 Å². The van der Waals surface area contributed by atoms with Crippen LogP contribution in [-0.2, 0) is 5.41 Å². The number of carbonyl (C=O) groups excluding carboxylic acids is 1. The van der Waals surface area contributed by atoms with Crippen molar-refractivity contribution in [3.05, 3.63) is 46.3 Å². The predicted octanol–water partition coefficient (Wildman–Crippen LogP) is 3.18. The highest BCUT2D eigenvalue weighted by molar-refractivity contribution is 9.10. The fourth-order valence-electron chi connectivity index (χ4n) is 1.52. The van der Waals surface area contributed by atoms with E-state index in [2.05, 4.69) is 57.2 Å². The van der Waals surface area contributed by atoms with E-state index in [1.165, 1.54) is 6.20 Å². The lowest BCUT2D eigenvalue weighted by molar-refractivity contribution is 0.102. The number of pyridine rings is 1. The number of rotatable bonds is 2. The molecule has 0 bridgehead atoms. The quantitative estimate of drug-likeness (QED) is 0.915. The number of hydrogen-bond donors (Lipinski definition) is 1. The van der Waals surface area contributed by atoms with Crippen LogP contribution in [0.25, 0.3) is 0 Å². The fraction of sp³-hybridized carbons (Fsp3) is 0.286. The van der Waals surface area contributed by atoms with Crippen molar-refractivity contribution in [1.29, 1.82) is 0 Å². The van der Waals surface area contributed by atoms with Gasteiger partial charge in [-0.1, -0.05) is 20.8 Å². The third kappa shape index (κ3) is 3.60. The summed E-state index contributed by atoms with van der Waals surface area (Å²) in [6.45, 7) is 6.17. The van der Waals surface area contributed by atoms with Crippen LogP contribution in [0, 0.1) is 0 Å². The molecule has 0 saturated carbocycles. The predicted molar refractivity (Wildman–Crippen MR) is 80.6 cm³/mol. The second-order valence-electron chi connectivity index (χ2n) is 5.40. The Morgan fingerprint density at radius 1 is 1.20 bits per heavy atom. The average molecular weight is 335 g/mol. The zero-order valence-corrected chi connectivity index (χ0v) is 13.1. The number of anilines is 1. The molecule has 1 amide bonds. The Bertz CT molecular complexity index is 620. The minimum Gasteiger partial charge on any atom is -0.305 e. The van der Waals surface area contributed by atoms with Crippen molar-refractivity contribution in [3.63, 3.8) is 0 Å². The molecule has 1 N–H and O–H groups in total. The fourth-order valence-corrected chi connectivity index (χ4v) is 1.89. The monoisotopic (exact) mass is 334 g/mol. The normalized spacial score (nSPS) is 11.2. The van der Waals surface area contributed by atoms with E-state index in [4.69, 9.17) is 0 Å². The zero-order chi connectivity index (χ0) is 14.8. The standard InChI is InChI=1S/C14H15BrN4O/c1-14(2,3)11-4-5-12(19-18-11)17-13(20)9-6-10(15)8-16-7-9/h4-8H,1-3H3,(H,17,19,20). The molecule has 0 aliphatic carbocycles. The maximum Gasteiger partial charge on any atom is 0.258 e. The van der Waals surface area contributed by atoms with Gasteiger partial charge in [0.25, 0.3) is 5.91 Å². The highest BCUT2D eigenvalue weighted by Crippen LogP contribution is 2.19. The van der Waals surface area contributed by atoms with Gasteiger partial charge in [-0.3, -0.25) is 9.78 Å². The van der Waals surface area contributed by atoms with Gasteiger partial charge in [0.2, 0.25) is 0 Å². The highest BCUT2D eigenvalue weighted by atomic mass is 79.9. The molecule has 0 radical (unpaired) electrons. The largest absolute Gasteiger partial charge is 0.305 e. The van der Waals surface area contributed by atoms with Gasteiger partial charge in [0.1, 0.15) is 0 Å². The van der Waals surface area contributed by atoms with E-state index >= 15 is 0 Å². The first-order valence-electron chi connectivity index (χ1n) is 6.12. The third-order valence-electron chi connectivity index (χ3n) is 2.64. The Kier molecular flexibility index (Phi) is 4.13. The summed E-state index contributed by atoms with van der Waals surface area (Å²) in [5.41, 5.74) is 1.27. The molecule has 0 fully saturated rings. The minimum atomic E-state index is -0.267. The summed E-state index contributed by atoms with van der Waals surface area (Å²) in [5, 5.41) is 10.8. The summed E-state index contributed by atoms with van der Waals surface area (Å²) < 4.78 is 0.749. The minimum absolute atomic E-state index is 0.0657. The molecule has 20 heavy (non-hydrogen) atoms. The lowest BCUT2D eigenvalue weighted by Gasteiger charge is -2.16. The number of nitrogens with zero attached hydrogens (tertiary/aromatic N) is 3. The summed E-state index contributed by atoms with van der Waals surface area (Å²) in [5.74, 6) is 0.152. The van der Waals surface area contributed by atoms with E-state index in [0.29, 0.717) is 11.4 Å². The van der Waals surface area contributed by atoms with E-state index < -0.39 is 0 Å². The summed E-state index contributed by atoms with van der Waals surface area (Å²) in [7, 11) is 0. The van der Waals surface area contributed by atoms with Crippen molar-refractivity contribution in [3.8, 4) is 0 Å². The Morgan fingerprint density at radius 2 is 1.95 bits per heavy atom. The van der Waals surface area contributed by atoms with Crippen LogP contribution in [-0.4, -0.2) is 21.1 Å². The Hall–Kier alpha value is -1.82. The topological polar surface area (TPSA) is 67.8 Å². The van der Waals surface area contributed by atoms with Crippen molar-refractivity contribution in [2.75, 3.05) is 5.32 Å². The molecule has 104 valence electrons. The number of aromatic nitrogens is 3. The molecule has 6 heteroatoms. The van der Waals surface area contributed by atoms with Gasteiger partial charge >= 0.3 is 0 Å². The Morgan fingerprint density at radius 3 is 2.50 bits per heavy atom. The van der Waals surface area contributed by atoms with Crippen LogP contribution >= 0.6 is 15.9 Å². The number of amides is 1. The Labute approximate surface area is 126 Å². The second-order valence-corrected chi connectivity index (χ2v) is 6.32. The number of carbonyl (C=O) groups is 1. The van der Waals surface area contributed by atoms with Gasteiger partial charge < -0.3 is 5.32 Å². The number of halogens is 1. The van der Waals surface area contributed by atoms with Crippen LogP contribution in [0.1, 0.15) is 36.8 Å². The van der Waals surface area contributed by atoms with Gasteiger partial charge in [-0.2, -0.15) is 5.10 Å². The van der Waals surface area contributed by atoms with Crippen LogP contribution < -0.4 is 5.32 Å². The van der Waals surface area contributed by atoms with Gasteiger partial charge in [-0.05, 0) is 34.1 Å². The smallest absolute Gasteiger partial charge is 0.258 e. The molecule has 0 unspecified atom stereocenters. The molecular weight excluding hydrogens is 320 g/mol. The van der Waals surface area contributed by atoms with Gasteiger partial charge in [-0.25, -0.2) is 0 Å². The molecule has 2 heterocycles. The molecule has 0 aliphatic heterocycles. The van der Waals surface area contributed by atoms with E-state index in [-0.39, 0.29) is 11.3 Å². The molecular formula is C14H15BrN4O. The van der Waals surface area contributed by atoms with Crippen LogP contribution in [0.15, 0.2) is 35.1 Å². The summed E-state index contributed by atoms with van der Waals surface area (Å²) in [6, 6.07) is 5.30. The van der Waals surface area contributed by atoms with Crippen LogP contribution in [0.5, 0.6) is 0 Å². The van der Waals surface area contributed by atoms with Crippen molar-refractivity contribution < 1.29 is 4.79 Å². The first-order valence-corrected chi connectivity index (χ1v) is 6.92. The van der Waals surface area contributed by atoms with Crippen LogP contribution in [0.4, 0.5) is 5.82 Å². The summed E-state index contributed by atoms with van der Waals surface area (Å²) >= 11 is 3.28. The van der Waals surface area contributed by atoms with Crippen molar-refractivity contribution in [2.24, 2.45) is 0 Å². The molecule has 0 aliphatic rings. The molecule has 0 aromatic carbocycles. The SMILES string of the molecule is CC(C)(C)c1ccc(NC(=O)c2cncc(Br)c2)nn1.